The summed E-state index contributed by atoms with van der Waals surface area (Å²) in [5, 5.41) is 0. The standard InChI is InChI=1S/C18H19BrN4O4/c1-22(2)18-20-13(8-15(24)21-18)16(25)23-9-11-6-12(19)5-4-10(11)7-14(23)17(26)27-3/h4-6,8,14H,7,9H2,1-3H3,(H,20,21,24). The van der Waals surface area contributed by atoms with Gasteiger partial charge in [-0.05, 0) is 23.3 Å². The zero-order valence-electron chi connectivity index (χ0n) is 15.2. The molecule has 1 aromatic carbocycles. The van der Waals surface area contributed by atoms with Crippen LogP contribution >= 0.6 is 15.9 Å². The van der Waals surface area contributed by atoms with E-state index in [-0.39, 0.29) is 18.2 Å². The maximum Gasteiger partial charge on any atom is 0.328 e. The predicted molar refractivity (Wildman–Crippen MR) is 103 cm³/mol. The lowest BCUT2D eigenvalue weighted by molar-refractivity contribution is -0.146. The van der Waals surface area contributed by atoms with Crippen LogP contribution in [-0.4, -0.2) is 54.0 Å². The van der Waals surface area contributed by atoms with E-state index in [1.165, 1.54) is 12.0 Å². The van der Waals surface area contributed by atoms with Gasteiger partial charge in [0.1, 0.15) is 11.7 Å². The topological polar surface area (TPSA) is 95.6 Å². The molecular formula is C18H19BrN4O4. The molecule has 142 valence electrons. The van der Waals surface area contributed by atoms with Gasteiger partial charge in [-0.3, -0.25) is 14.6 Å². The zero-order valence-corrected chi connectivity index (χ0v) is 16.7. The minimum absolute atomic E-state index is 0.0187. The Morgan fingerprint density at radius 2 is 2.04 bits per heavy atom. The summed E-state index contributed by atoms with van der Waals surface area (Å²) in [4.78, 5) is 47.1. The number of anilines is 1. The van der Waals surface area contributed by atoms with E-state index in [0.717, 1.165) is 21.7 Å². The van der Waals surface area contributed by atoms with Crippen LogP contribution in [-0.2, 0) is 22.5 Å². The van der Waals surface area contributed by atoms with Crippen LogP contribution in [0.4, 0.5) is 5.95 Å². The number of nitrogens with zero attached hydrogens (tertiary/aromatic N) is 3. The number of fused-ring (bicyclic) bond motifs is 1. The van der Waals surface area contributed by atoms with Gasteiger partial charge in [-0.1, -0.05) is 22.0 Å². The maximum atomic E-state index is 13.1. The third-order valence-corrected chi connectivity index (χ3v) is 4.90. The fraction of sp³-hybridized carbons (Fsp3) is 0.333. The molecule has 8 nitrogen and oxygen atoms in total. The number of aromatic nitrogens is 2. The lowest BCUT2D eigenvalue weighted by atomic mass is 9.93. The molecule has 0 aliphatic carbocycles. The first-order valence-electron chi connectivity index (χ1n) is 8.25. The number of amides is 1. The second-order valence-corrected chi connectivity index (χ2v) is 7.35. The number of halogens is 1. The van der Waals surface area contributed by atoms with E-state index in [4.69, 9.17) is 4.74 Å². The summed E-state index contributed by atoms with van der Waals surface area (Å²) in [5.74, 6) is -0.736. The Morgan fingerprint density at radius 3 is 2.70 bits per heavy atom. The van der Waals surface area contributed by atoms with Crippen molar-refractivity contribution in [2.75, 3.05) is 26.1 Å². The van der Waals surface area contributed by atoms with Gasteiger partial charge in [0.25, 0.3) is 11.5 Å². The first kappa shape index (κ1) is 19.1. The van der Waals surface area contributed by atoms with E-state index < -0.39 is 23.5 Å². The van der Waals surface area contributed by atoms with Crippen LogP contribution in [0.3, 0.4) is 0 Å². The van der Waals surface area contributed by atoms with Crippen LogP contribution in [0.1, 0.15) is 21.6 Å². The molecule has 2 aromatic rings. The highest BCUT2D eigenvalue weighted by molar-refractivity contribution is 9.10. The van der Waals surface area contributed by atoms with E-state index >= 15 is 0 Å². The number of H-pyrrole nitrogens is 1. The fourth-order valence-corrected chi connectivity index (χ4v) is 3.43. The molecule has 0 bridgehead atoms. The Bertz CT molecular complexity index is 957. The number of hydrogen-bond acceptors (Lipinski definition) is 6. The Hall–Kier alpha value is -2.68. The lowest BCUT2D eigenvalue weighted by Crippen LogP contribution is -2.49. The van der Waals surface area contributed by atoms with Crippen molar-refractivity contribution in [1.82, 2.24) is 14.9 Å². The highest BCUT2D eigenvalue weighted by Gasteiger charge is 2.36. The number of methoxy groups -OCH3 is 1. The van der Waals surface area contributed by atoms with Crippen LogP contribution in [0, 0.1) is 0 Å². The number of benzene rings is 1. The van der Waals surface area contributed by atoms with E-state index in [0.29, 0.717) is 6.42 Å². The first-order chi connectivity index (χ1) is 12.8. The quantitative estimate of drug-likeness (QED) is 0.732. The average Bonchev–Trinajstić information content (AvgIpc) is 2.65. The molecule has 1 atom stereocenters. The zero-order chi connectivity index (χ0) is 19.7. The summed E-state index contributed by atoms with van der Waals surface area (Å²) in [6.45, 7) is 0.221. The molecule has 1 N–H and O–H groups in total. The molecule has 0 saturated carbocycles. The van der Waals surface area contributed by atoms with Crippen LogP contribution in [0.5, 0.6) is 0 Å². The monoisotopic (exact) mass is 434 g/mol. The Kier molecular flexibility index (Phi) is 5.31. The van der Waals surface area contributed by atoms with E-state index in [2.05, 4.69) is 25.9 Å². The van der Waals surface area contributed by atoms with Crippen molar-refractivity contribution in [2.24, 2.45) is 0 Å². The van der Waals surface area contributed by atoms with Gasteiger partial charge < -0.3 is 14.5 Å². The molecule has 2 heterocycles. The maximum absolute atomic E-state index is 13.1. The van der Waals surface area contributed by atoms with Crippen molar-refractivity contribution < 1.29 is 14.3 Å². The summed E-state index contributed by atoms with van der Waals surface area (Å²) in [5.41, 5.74) is 1.45. The van der Waals surface area contributed by atoms with Crippen LogP contribution in [0.15, 0.2) is 33.5 Å². The molecule has 9 heteroatoms. The fourth-order valence-electron chi connectivity index (χ4n) is 3.03. The SMILES string of the molecule is COC(=O)C1Cc2ccc(Br)cc2CN1C(=O)c1cc(=O)[nH]c(N(C)C)n1. The van der Waals surface area contributed by atoms with Crippen molar-refractivity contribution in [3.8, 4) is 0 Å². The number of carbonyl (C=O) groups is 2. The van der Waals surface area contributed by atoms with Crippen molar-refractivity contribution in [3.63, 3.8) is 0 Å². The number of ether oxygens (including phenoxy) is 1. The van der Waals surface area contributed by atoms with Crippen molar-refractivity contribution in [3.05, 3.63) is 55.9 Å². The number of carbonyl (C=O) groups excluding carboxylic acids is 2. The minimum Gasteiger partial charge on any atom is -0.467 e. The molecule has 0 fully saturated rings. The summed E-state index contributed by atoms with van der Waals surface area (Å²) < 4.78 is 5.78. The first-order valence-corrected chi connectivity index (χ1v) is 9.04. The molecule has 1 unspecified atom stereocenters. The summed E-state index contributed by atoms with van der Waals surface area (Å²) in [7, 11) is 4.70. The number of esters is 1. The van der Waals surface area contributed by atoms with Gasteiger partial charge in [0.2, 0.25) is 5.95 Å². The second kappa shape index (κ2) is 7.51. The van der Waals surface area contributed by atoms with E-state index in [1.807, 2.05) is 18.2 Å². The van der Waals surface area contributed by atoms with Gasteiger partial charge in [-0.15, -0.1) is 0 Å². The molecular weight excluding hydrogens is 416 g/mol. The third-order valence-electron chi connectivity index (χ3n) is 4.40. The summed E-state index contributed by atoms with van der Waals surface area (Å²) in [6, 6.07) is 6.10. The molecule has 0 saturated heterocycles. The second-order valence-electron chi connectivity index (χ2n) is 6.44. The van der Waals surface area contributed by atoms with Crippen molar-refractivity contribution >= 4 is 33.8 Å². The van der Waals surface area contributed by atoms with Crippen molar-refractivity contribution in [1.29, 1.82) is 0 Å². The summed E-state index contributed by atoms with van der Waals surface area (Å²) >= 11 is 3.43. The van der Waals surface area contributed by atoms with Gasteiger partial charge >= 0.3 is 5.97 Å². The number of hydrogen-bond donors (Lipinski definition) is 1. The van der Waals surface area contributed by atoms with E-state index in [1.54, 1.807) is 19.0 Å². The number of nitrogens with one attached hydrogen (secondary N) is 1. The Balaban J connectivity index is 2.03. The summed E-state index contributed by atoms with van der Waals surface area (Å²) in [6.07, 6.45) is 0.338. The Labute approximate surface area is 164 Å². The van der Waals surface area contributed by atoms with Gasteiger partial charge in [0.05, 0.1) is 7.11 Å². The van der Waals surface area contributed by atoms with Gasteiger partial charge in [0.15, 0.2) is 0 Å². The highest BCUT2D eigenvalue weighted by Crippen LogP contribution is 2.28. The van der Waals surface area contributed by atoms with Crippen LogP contribution < -0.4 is 10.5 Å². The molecule has 1 aliphatic rings. The van der Waals surface area contributed by atoms with Gasteiger partial charge in [-0.25, -0.2) is 9.78 Å². The smallest absolute Gasteiger partial charge is 0.328 e. The molecule has 27 heavy (non-hydrogen) atoms. The predicted octanol–water partition coefficient (Wildman–Crippen LogP) is 1.34. The highest BCUT2D eigenvalue weighted by atomic mass is 79.9. The Morgan fingerprint density at radius 1 is 1.30 bits per heavy atom. The van der Waals surface area contributed by atoms with E-state index in [9.17, 15) is 14.4 Å². The lowest BCUT2D eigenvalue weighted by Gasteiger charge is -2.35. The molecule has 0 radical (unpaired) electrons. The van der Waals surface area contributed by atoms with Crippen LogP contribution in [0.2, 0.25) is 0 Å². The average molecular weight is 435 g/mol. The molecule has 1 amide bonds. The molecule has 1 aromatic heterocycles. The van der Waals surface area contributed by atoms with Crippen LogP contribution in [0.25, 0.3) is 0 Å². The molecule has 1 aliphatic heterocycles. The van der Waals surface area contributed by atoms with Gasteiger partial charge in [0, 0.05) is 37.6 Å². The minimum atomic E-state index is -0.778. The molecule has 3 rings (SSSR count). The molecule has 0 spiro atoms. The third kappa shape index (κ3) is 3.87. The number of aromatic amines is 1. The van der Waals surface area contributed by atoms with Gasteiger partial charge in [-0.2, -0.15) is 0 Å². The van der Waals surface area contributed by atoms with Crippen molar-refractivity contribution in [2.45, 2.75) is 19.0 Å². The normalized spacial score (nSPS) is 15.9. The largest absolute Gasteiger partial charge is 0.467 e. The number of rotatable bonds is 3.